The van der Waals surface area contributed by atoms with Gasteiger partial charge in [-0.3, -0.25) is 14.4 Å². The Hall–Kier alpha value is -3.16. The number of nitrogens with zero attached hydrogens (tertiary/aromatic N) is 2. The first-order valence-electron chi connectivity index (χ1n) is 8.85. The zero-order chi connectivity index (χ0) is 20.4. The summed E-state index contributed by atoms with van der Waals surface area (Å²) in [4.78, 5) is 37.2. The smallest absolute Gasteiger partial charge is 0.305 e. The number of methoxy groups -OCH3 is 1. The van der Waals surface area contributed by atoms with Gasteiger partial charge in [0.15, 0.2) is 11.6 Å². The minimum atomic E-state index is -1.09. The standard InChI is InChI=1S/C20H21FN2O5/c1-12(24)7-13-8-17-20(27)23(6-5-22(17)11-13)16(10-19(25)26)14-3-4-18(28-2)15(21)9-14/h3-4,8-9,11,16H,5-7,10H2,1-2H3,(H,25,26). The van der Waals surface area contributed by atoms with Gasteiger partial charge in [0, 0.05) is 25.7 Å². The van der Waals surface area contributed by atoms with Crippen molar-refractivity contribution in [2.45, 2.75) is 32.4 Å². The molecule has 2 aromatic rings. The Kier molecular flexibility index (Phi) is 5.48. The monoisotopic (exact) mass is 388 g/mol. The van der Waals surface area contributed by atoms with Crippen molar-refractivity contribution in [3.05, 3.63) is 53.1 Å². The number of amides is 1. The van der Waals surface area contributed by atoms with Gasteiger partial charge in [0.05, 0.1) is 19.6 Å². The average molecular weight is 388 g/mol. The summed E-state index contributed by atoms with van der Waals surface area (Å²) in [6.07, 6.45) is 1.65. The molecule has 1 unspecified atom stereocenters. The van der Waals surface area contributed by atoms with Crippen molar-refractivity contribution in [2.24, 2.45) is 0 Å². The predicted octanol–water partition coefficient (Wildman–Crippen LogP) is 2.44. The van der Waals surface area contributed by atoms with Gasteiger partial charge >= 0.3 is 5.97 Å². The molecule has 1 aliphatic heterocycles. The van der Waals surface area contributed by atoms with Gasteiger partial charge in [-0.25, -0.2) is 4.39 Å². The number of fused-ring (bicyclic) bond motifs is 1. The van der Waals surface area contributed by atoms with E-state index in [0.29, 0.717) is 17.8 Å². The van der Waals surface area contributed by atoms with Gasteiger partial charge in [-0.15, -0.1) is 0 Å². The first-order valence-corrected chi connectivity index (χ1v) is 8.85. The Balaban J connectivity index is 1.94. The van der Waals surface area contributed by atoms with E-state index in [-0.39, 0.29) is 36.8 Å². The molecule has 1 aromatic heterocycles. The molecule has 1 N–H and O–H groups in total. The van der Waals surface area contributed by atoms with E-state index in [9.17, 15) is 23.9 Å². The van der Waals surface area contributed by atoms with E-state index in [1.165, 1.54) is 31.1 Å². The molecule has 1 atom stereocenters. The summed E-state index contributed by atoms with van der Waals surface area (Å²) in [5.41, 5.74) is 1.52. The van der Waals surface area contributed by atoms with Crippen molar-refractivity contribution in [3.63, 3.8) is 0 Å². The lowest BCUT2D eigenvalue weighted by Crippen LogP contribution is -2.43. The third-order valence-electron chi connectivity index (χ3n) is 4.77. The van der Waals surface area contributed by atoms with Crippen molar-refractivity contribution in [1.29, 1.82) is 0 Å². The van der Waals surface area contributed by atoms with Crippen LogP contribution in [0.1, 0.15) is 41.0 Å². The van der Waals surface area contributed by atoms with Crippen LogP contribution in [-0.2, 0) is 22.6 Å². The Morgan fingerprint density at radius 1 is 1.29 bits per heavy atom. The highest BCUT2D eigenvalue weighted by molar-refractivity contribution is 5.94. The normalized spacial score (nSPS) is 14.5. The number of carboxylic acids is 1. The number of carboxylic acid groups (broad SMARTS) is 1. The SMILES string of the molecule is COc1ccc(C(CC(=O)O)N2CCn3cc(CC(C)=O)cc3C2=O)cc1F. The molecule has 1 aromatic carbocycles. The number of benzene rings is 1. The topological polar surface area (TPSA) is 88.8 Å². The lowest BCUT2D eigenvalue weighted by molar-refractivity contribution is -0.138. The number of carbonyl (C=O) groups is 3. The lowest BCUT2D eigenvalue weighted by atomic mass is 10.00. The van der Waals surface area contributed by atoms with Gasteiger partial charge < -0.3 is 19.3 Å². The average Bonchev–Trinajstić information content (AvgIpc) is 3.03. The molecule has 148 valence electrons. The van der Waals surface area contributed by atoms with Gasteiger partial charge in [-0.05, 0) is 36.2 Å². The minimum Gasteiger partial charge on any atom is -0.494 e. The second-order valence-electron chi connectivity index (χ2n) is 6.81. The molecule has 3 rings (SSSR count). The molecular formula is C20H21FN2O5. The summed E-state index contributed by atoms with van der Waals surface area (Å²) in [5.74, 6) is -2.02. The fraction of sp³-hybridized carbons (Fsp3) is 0.350. The maximum absolute atomic E-state index is 14.2. The van der Waals surface area contributed by atoms with Gasteiger partial charge in [-0.2, -0.15) is 0 Å². The predicted molar refractivity (Wildman–Crippen MR) is 97.8 cm³/mol. The number of Topliss-reactive ketones (excluding diaryl/α,β-unsaturated/α-hetero) is 1. The van der Waals surface area contributed by atoms with Gasteiger partial charge in [0.25, 0.3) is 5.91 Å². The van der Waals surface area contributed by atoms with Crippen LogP contribution in [0.3, 0.4) is 0 Å². The van der Waals surface area contributed by atoms with E-state index < -0.39 is 17.8 Å². The molecule has 8 heteroatoms. The highest BCUT2D eigenvalue weighted by Crippen LogP contribution is 2.31. The second-order valence-corrected chi connectivity index (χ2v) is 6.81. The maximum Gasteiger partial charge on any atom is 0.305 e. The van der Waals surface area contributed by atoms with Crippen molar-refractivity contribution >= 4 is 17.7 Å². The molecule has 0 spiro atoms. The van der Waals surface area contributed by atoms with Crippen LogP contribution in [0.2, 0.25) is 0 Å². The van der Waals surface area contributed by atoms with E-state index in [4.69, 9.17) is 4.74 Å². The number of aromatic nitrogens is 1. The number of hydrogen-bond acceptors (Lipinski definition) is 4. The van der Waals surface area contributed by atoms with Crippen LogP contribution in [-0.4, -0.2) is 45.9 Å². The molecule has 1 aliphatic rings. The van der Waals surface area contributed by atoms with Crippen LogP contribution in [0.4, 0.5) is 4.39 Å². The highest BCUT2D eigenvalue weighted by Gasteiger charge is 2.33. The molecule has 0 fully saturated rings. The first-order chi connectivity index (χ1) is 13.3. The zero-order valence-electron chi connectivity index (χ0n) is 15.6. The molecular weight excluding hydrogens is 367 g/mol. The quantitative estimate of drug-likeness (QED) is 0.787. The van der Waals surface area contributed by atoms with Gasteiger partial charge in [0.2, 0.25) is 0 Å². The molecule has 1 amide bonds. The van der Waals surface area contributed by atoms with Crippen molar-refractivity contribution < 1.29 is 28.6 Å². The van der Waals surface area contributed by atoms with Crippen LogP contribution in [0, 0.1) is 5.82 Å². The Morgan fingerprint density at radius 3 is 2.64 bits per heavy atom. The van der Waals surface area contributed by atoms with E-state index in [1.54, 1.807) is 22.9 Å². The number of ether oxygens (including phenoxy) is 1. The third kappa shape index (κ3) is 3.90. The molecule has 0 saturated carbocycles. The third-order valence-corrected chi connectivity index (χ3v) is 4.77. The van der Waals surface area contributed by atoms with E-state index in [0.717, 1.165) is 5.56 Å². The Labute approximate surface area is 161 Å². The summed E-state index contributed by atoms with van der Waals surface area (Å²) in [6, 6.07) is 5.03. The van der Waals surface area contributed by atoms with Gasteiger partial charge in [-0.1, -0.05) is 6.07 Å². The molecule has 7 nitrogen and oxygen atoms in total. The highest BCUT2D eigenvalue weighted by atomic mass is 19.1. The number of ketones is 1. The minimum absolute atomic E-state index is 0.00952. The van der Waals surface area contributed by atoms with Crippen molar-refractivity contribution in [3.8, 4) is 5.75 Å². The number of hydrogen-bond donors (Lipinski definition) is 1. The Morgan fingerprint density at radius 2 is 2.04 bits per heavy atom. The summed E-state index contributed by atoms with van der Waals surface area (Å²) < 4.78 is 20.8. The first kappa shape index (κ1) is 19.6. The van der Waals surface area contributed by atoms with E-state index >= 15 is 0 Å². The summed E-state index contributed by atoms with van der Waals surface area (Å²) in [6.45, 7) is 2.23. The van der Waals surface area contributed by atoms with Crippen LogP contribution >= 0.6 is 0 Å². The molecule has 0 saturated heterocycles. The molecule has 28 heavy (non-hydrogen) atoms. The van der Waals surface area contributed by atoms with Crippen molar-refractivity contribution in [1.82, 2.24) is 9.47 Å². The fourth-order valence-corrected chi connectivity index (χ4v) is 3.54. The number of carbonyl (C=O) groups excluding carboxylic acids is 2. The summed E-state index contributed by atoms with van der Waals surface area (Å²) in [5, 5.41) is 9.33. The zero-order valence-corrected chi connectivity index (χ0v) is 15.6. The summed E-state index contributed by atoms with van der Waals surface area (Å²) in [7, 11) is 1.34. The maximum atomic E-state index is 14.2. The lowest BCUT2D eigenvalue weighted by Gasteiger charge is -2.35. The molecule has 0 aliphatic carbocycles. The molecule has 0 bridgehead atoms. The molecule has 0 radical (unpaired) electrons. The summed E-state index contributed by atoms with van der Waals surface area (Å²) >= 11 is 0. The van der Waals surface area contributed by atoms with E-state index in [2.05, 4.69) is 0 Å². The largest absolute Gasteiger partial charge is 0.494 e. The van der Waals surface area contributed by atoms with E-state index in [1.807, 2.05) is 0 Å². The van der Waals surface area contributed by atoms with Crippen LogP contribution in [0.5, 0.6) is 5.75 Å². The number of halogens is 1. The number of aliphatic carboxylic acids is 1. The number of rotatable bonds is 7. The second kappa shape index (κ2) is 7.84. The van der Waals surface area contributed by atoms with Crippen molar-refractivity contribution in [2.75, 3.05) is 13.7 Å². The van der Waals surface area contributed by atoms with Gasteiger partial charge in [0.1, 0.15) is 11.5 Å². The Bertz CT molecular complexity index is 937. The van der Waals surface area contributed by atoms with Crippen LogP contribution in [0.15, 0.2) is 30.5 Å². The molecule has 2 heterocycles. The van der Waals surface area contributed by atoms with Crippen LogP contribution < -0.4 is 4.74 Å². The van der Waals surface area contributed by atoms with Crippen LogP contribution in [0.25, 0.3) is 0 Å². The fourth-order valence-electron chi connectivity index (χ4n) is 3.54.